The molecule has 0 unspecified atom stereocenters. The van der Waals surface area contributed by atoms with Crippen molar-refractivity contribution in [1.82, 2.24) is 0 Å². The van der Waals surface area contributed by atoms with Gasteiger partial charge in [-0.25, -0.2) is 0 Å². The molecule has 0 aromatic heterocycles. The highest BCUT2D eigenvalue weighted by atomic mass is 16.5. The zero-order valence-electron chi connectivity index (χ0n) is 8.60. The van der Waals surface area contributed by atoms with Crippen LogP contribution in [-0.4, -0.2) is 26.4 Å². The summed E-state index contributed by atoms with van der Waals surface area (Å²) in [4.78, 5) is 10.5. The summed E-state index contributed by atoms with van der Waals surface area (Å²) in [5, 5.41) is 12.1. The fourth-order valence-electron chi connectivity index (χ4n) is 1.22. The Hall–Kier alpha value is -1.98. The van der Waals surface area contributed by atoms with Crippen LogP contribution in [0.1, 0.15) is 0 Å². The number of nitroso groups, excluding NO2 is 1. The van der Waals surface area contributed by atoms with Crippen LogP contribution in [0.5, 0.6) is 23.0 Å². The van der Waals surface area contributed by atoms with E-state index in [4.69, 9.17) is 14.2 Å². The van der Waals surface area contributed by atoms with Crippen LogP contribution in [0.15, 0.2) is 11.2 Å². The Morgan fingerprint density at radius 3 is 2.13 bits per heavy atom. The summed E-state index contributed by atoms with van der Waals surface area (Å²) in [6.45, 7) is 0. The van der Waals surface area contributed by atoms with Gasteiger partial charge < -0.3 is 19.3 Å². The number of methoxy groups -OCH3 is 3. The molecule has 0 fully saturated rings. The molecule has 0 atom stereocenters. The van der Waals surface area contributed by atoms with Crippen molar-refractivity contribution in [3.05, 3.63) is 11.0 Å². The average Bonchev–Trinajstić information content (AvgIpc) is 2.27. The first-order valence-corrected chi connectivity index (χ1v) is 4.04. The van der Waals surface area contributed by atoms with Crippen LogP contribution in [0.4, 0.5) is 5.69 Å². The van der Waals surface area contributed by atoms with Crippen molar-refractivity contribution in [2.24, 2.45) is 5.18 Å². The summed E-state index contributed by atoms with van der Waals surface area (Å²) in [6, 6.07) is 1.23. The Morgan fingerprint density at radius 2 is 1.73 bits per heavy atom. The molecule has 1 N–H and O–H groups in total. The molecule has 6 nitrogen and oxygen atoms in total. The van der Waals surface area contributed by atoms with E-state index < -0.39 is 0 Å². The predicted molar refractivity (Wildman–Crippen MR) is 53.2 cm³/mol. The zero-order valence-corrected chi connectivity index (χ0v) is 8.60. The molecule has 1 aromatic rings. The van der Waals surface area contributed by atoms with Gasteiger partial charge in [0.05, 0.1) is 21.3 Å². The Morgan fingerprint density at radius 1 is 1.13 bits per heavy atom. The first kappa shape index (κ1) is 11.1. The number of hydrogen-bond acceptors (Lipinski definition) is 6. The summed E-state index contributed by atoms with van der Waals surface area (Å²) in [5.74, 6) is 0.204. The highest BCUT2D eigenvalue weighted by Gasteiger charge is 2.20. The van der Waals surface area contributed by atoms with Crippen molar-refractivity contribution >= 4 is 5.69 Å². The number of rotatable bonds is 4. The molecular formula is C9H11NO5. The molecule has 1 aromatic carbocycles. The smallest absolute Gasteiger partial charge is 0.206 e. The molecule has 0 aliphatic heterocycles. The highest BCUT2D eigenvalue weighted by molar-refractivity contribution is 5.72. The van der Waals surface area contributed by atoms with Crippen LogP contribution in [-0.2, 0) is 0 Å². The van der Waals surface area contributed by atoms with Gasteiger partial charge in [0.1, 0.15) is 0 Å². The Labute approximate surface area is 86.4 Å². The van der Waals surface area contributed by atoms with Crippen LogP contribution in [0, 0.1) is 4.91 Å². The second-order valence-corrected chi connectivity index (χ2v) is 2.60. The standard InChI is InChI=1S/C9H11NO5/c1-13-6-4-5(11)7(10-12)9(15-3)8(6)14-2/h4,11H,1-3H3. The molecule has 0 radical (unpaired) electrons. The van der Waals surface area contributed by atoms with E-state index in [1.54, 1.807) is 0 Å². The van der Waals surface area contributed by atoms with Gasteiger partial charge in [-0.1, -0.05) is 0 Å². The molecule has 0 heterocycles. The van der Waals surface area contributed by atoms with Gasteiger partial charge in [-0.05, 0) is 5.18 Å². The summed E-state index contributed by atoms with van der Waals surface area (Å²) < 4.78 is 14.9. The maximum atomic E-state index is 10.5. The molecule has 0 saturated heterocycles. The Bertz CT molecular complexity index is 377. The van der Waals surface area contributed by atoms with E-state index in [0.717, 1.165) is 0 Å². The van der Waals surface area contributed by atoms with E-state index in [0.29, 0.717) is 0 Å². The summed E-state index contributed by atoms with van der Waals surface area (Å²) in [5.41, 5.74) is -0.213. The third-order valence-corrected chi connectivity index (χ3v) is 1.87. The van der Waals surface area contributed by atoms with Gasteiger partial charge in [-0.15, -0.1) is 4.91 Å². The molecule has 0 aliphatic rings. The number of phenols is 1. The van der Waals surface area contributed by atoms with E-state index in [1.165, 1.54) is 27.4 Å². The largest absolute Gasteiger partial charge is 0.505 e. The Kier molecular flexibility index (Phi) is 3.33. The van der Waals surface area contributed by atoms with E-state index in [1.807, 2.05) is 0 Å². The van der Waals surface area contributed by atoms with E-state index in [2.05, 4.69) is 5.18 Å². The van der Waals surface area contributed by atoms with E-state index in [9.17, 15) is 10.0 Å². The minimum atomic E-state index is -0.320. The Balaban J connectivity index is 3.51. The maximum absolute atomic E-state index is 10.5. The topological polar surface area (TPSA) is 77.4 Å². The monoisotopic (exact) mass is 213 g/mol. The summed E-state index contributed by atoms with van der Waals surface area (Å²) >= 11 is 0. The molecule has 1 rings (SSSR count). The minimum absolute atomic E-state index is 0.0457. The van der Waals surface area contributed by atoms with Crippen LogP contribution < -0.4 is 14.2 Å². The fraction of sp³-hybridized carbons (Fsp3) is 0.333. The number of nitrogens with zero attached hydrogens (tertiary/aromatic N) is 1. The third-order valence-electron chi connectivity index (χ3n) is 1.87. The molecule has 0 aliphatic carbocycles. The van der Waals surface area contributed by atoms with Gasteiger partial charge in [0.2, 0.25) is 5.75 Å². The van der Waals surface area contributed by atoms with Gasteiger partial charge in [0.15, 0.2) is 22.9 Å². The third kappa shape index (κ3) is 1.78. The fourth-order valence-corrected chi connectivity index (χ4v) is 1.22. The zero-order chi connectivity index (χ0) is 11.4. The molecule has 0 spiro atoms. The van der Waals surface area contributed by atoms with Gasteiger partial charge >= 0.3 is 0 Å². The first-order valence-electron chi connectivity index (χ1n) is 4.04. The quantitative estimate of drug-likeness (QED) is 0.772. The van der Waals surface area contributed by atoms with E-state index in [-0.39, 0.29) is 28.7 Å². The normalized spacial score (nSPS) is 9.53. The lowest BCUT2D eigenvalue weighted by Crippen LogP contribution is -1.95. The number of hydrogen-bond donors (Lipinski definition) is 1. The molecule has 0 amide bonds. The van der Waals surface area contributed by atoms with Crippen molar-refractivity contribution in [2.45, 2.75) is 0 Å². The second-order valence-electron chi connectivity index (χ2n) is 2.60. The van der Waals surface area contributed by atoms with Crippen molar-refractivity contribution in [1.29, 1.82) is 0 Å². The van der Waals surface area contributed by atoms with Crippen LogP contribution in [0.2, 0.25) is 0 Å². The molecule has 82 valence electrons. The lowest BCUT2D eigenvalue weighted by atomic mass is 10.2. The average molecular weight is 213 g/mol. The van der Waals surface area contributed by atoms with Crippen molar-refractivity contribution in [3.8, 4) is 23.0 Å². The summed E-state index contributed by atoms with van der Waals surface area (Å²) in [6.07, 6.45) is 0. The SMILES string of the molecule is COc1cc(O)c(N=O)c(OC)c1OC. The van der Waals surface area contributed by atoms with Crippen LogP contribution in [0.25, 0.3) is 0 Å². The van der Waals surface area contributed by atoms with Crippen LogP contribution >= 0.6 is 0 Å². The van der Waals surface area contributed by atoms with Crippen molar-refractivity contribution in [2.75, 3.05) is 21.3 Å². The van der Waals surface area contributed by atoms with Gasteiger partial charge in [-0.2, -0.15) is 0 Å². The van der Waals surface area contributed by atoms with Gasteiger partial charge in [-0.3, -0.25) is 0 Å². The van der Waals surface area contributed by atoms with Crippen molar-refractivity contribution in [3.63, 3.8) is 0 Å². The maximum Gasteiger partial charge on any atom is 0.206 e. The first-order chi connectivity index (χ1) is 7.19. The molecule has 0 saturated carbocycles. The number of benzene rings is 1. The van der Waals surface area contributed by atoms with Crippen LogP contribution in [0.3, 0.4) is 0 Å². The highest BCUT2D eigenvalue weighted by Crippen LogP contribution is 2.49. The number of phenolic OH excluding ortho intramolecular Hbond substituents is 1. The molecule has 0 bridgehead atoms. The van der Waals surface area contributed by atoms with Gasteiger partial charge in [0.25, 0.3) is 0 Å². The number of aromatic hydroxyl groups is 1. The lowest BCUT2D eigenvalue weighted by Gasteiger charge is -2.13. The van der Waals surface area contributed by atoms with Gasteiger partial charge in [0, 0.05) is 6.07 Å². The lowest BCUT2D eigenvalue weighted by molar-refractivity contribution is 0.321. The van der Waals surface area contributed by atoms with Crippen molar-refractivity contribution < 1.29 is 19.3 Å². The molecule has 6 heteroatoms. The summed E-state index contributed by atoms with van der Waals surface area (Å²) in [7, 11) is 4.14. The molecular weight excluding hydrogens is 202 g/mol. The second kappa shape index (κ2) is 4.50. The number of ether oxygens (including phenoxy) is 3. The molecule has 15 heavy (non-hydrogen) atoms. The minimum Gasteiger partial charge on any atom is -0.505 e. The predicted octanol–water partition coefficient (Wildman–Crippen LogP) is 1.82. The van der Waals surface area contributed by atoms with E-state index >= 15 is 0 Å².